The number of benzene rings is 2. The van der Waals surface area contributed by atoms with Crippen molar-refractivity contribution in [1.29, 1.82) is 0 Å². The van der Waals surface area contributed by atoms with E-state index in [0.717, 1.165) is 24.2 Å². The van der Waals surface area contributed by atoms with Crippen LogP contribution in [-0.4, -0.2) is 24.1 Å². The summed E-state index contributed by atoms with van der Waals surface area (Å²) in [5.41, 5.74) is 5.65. The second-order valence-corrected chi connectivity index (χ2v) is 6.13. The van der Waals surface area contributed by atoms with Gasteiger partial charge in [0.25, 0.3) is 5.91 Å². The largest absolute Gasteiger partial charge is 0.312 e. The molecule has 2 aromatic carbocycles. The summed E-state index contributed by atoms with van der Waals surface area (Å²) in [5, 5.41) is 4.09. The maximum absolute atomic E-state index is 12.2. The van der Waals surface area contributed by atoms with Crippen LogP contribution in [0.15, 0.2) is 65.8 Å². The van der Waals surface area contributed by atoms with Crippen molar-refractivity contribution in [3.8, 4) is 0 Å². The Labute approximate surface area is 153 Å². The fourth-order valence-electron chi connectivity index (χ4n) is 2.74. The topological polar surface area (TPSA) is 61.8 Å². The number of hydrogen-bond donors (Lipinski definition) is 1. The van der Waals surface area contributed by atoms with Crippen molar-refractivity contribution in [2.24, 2.45) is 5.10 Å². The molecule has 0 aliphatic carbocycles. The van der Waals surface area contributed by atoms with E-state index in [1.807, 2.05) is 49.4 Å². The number of nitrogens with one attached hydrogen (secondary N) is 1. The third-order valence-electron chi connectivity index (χ3n) is 4.16. The molecule has 0 unspecified atom stereocenters. The van der Waals surface area contributed by atoms with Gasteiger partial charge in [-0.05, 0) is 49.2 Å². The summed E-state index contributed by atoms with van der Waals surface area (Å²) in [5.74, 6) is -0.149. The first-order valence-electron chi connectivity index (χ1n) is 8.62. The summed E-state index contributed by atoms with van der Waals surface area (Å²) in [6, 6.07) is 16.9. The van der Waals surface area contributed by atoms with E-state index in [4.69, 9.17) is 0 Å². The third-order valence-corrected chi connectivity index (χ3v) is 4.16. The minimum Gasteiger partial charge on any atom is -0.312 e. The quantitative estimate of drug-likeness (QED) is 0.663. The number of amides is 2. The number of anilines is 1. The van der Waals surface area contributed by atoms with E-state index in [1.165, 1.54) is 0 Å². The zero-order chi connectivity index (χ0) is 18.4. The van der Waals surface area contributed by atoms with Crippen molar-refractivity contribution < 1.29 is 9.59 Å². The van der Waals surface area contributed by atoms with Gasteiger partial charge in [0.15, 0.2) is 0 Å². The van der Waals surface area contributed by atoms with Crippen LogP contribution < -0.4 is 10.3 Å². The molecule has 1 aliphatic rings. The van der Waals surface area contributed by atoms with Crippen LogP contribution in [0.25, 0.3) is 6.08 Å². The molecule has 1 heterocycles. The predicted molar refractivity (Wildman–Crippen MR) is 104 cm³/mol. The highest BCUT2D eigenvalue weighted by atomic mass is 16.2. The Morgan fingerprint density at radius 3 is 2.50 bits per heavy atom. The van der Waals surface area contributed by atoms with E-state index in [1.54, 1.807) is 29.2 Å². The summed E-state index contributed by atoms with van der Waals surface area (Å²) in [6.45, 7) is 2.56. The van der Waals surface area contributed by atoms with Crippen LogP contribution in [0.5, 0.6) is 0 Å². The van der Waals surface area contributed by atoms with Gasteiger partial charge in [-0.2, -0.15) is 5.10 Å². The summed E-state index contributed by atoms with van der Waals surface area (Å²) < 4.78 is 0. The summed E-state index contributed by atoms with van der Waals surface area (Å²) in [7, 11) is 0. The minimum absolute atomic E-state index is 0.132. The average Bonchev–Trinajstić information content (AvgIpc) is 3.11. The predicted octanol–water partition coefficient (Wildman–Crippen LogP) is 3.63. The molecule has 0 radical (unpaired) electrons. The van der Waals surface area contributed by atoms with Crippen LogP contribution in [0, 0.1) is 0 Å². The number of hydrazone groups is 1. The van der Waals surface area contributed by atoms with Gasteiger partial charge in [0.05, 0.1) is 5.71 Å². The zero-order valence-corrected chi connectivity index (χ0v) is 14.7. The summed E-state index contributed by atoms with van der Waals surface area (Å²) >= 11 is 0. The fourth-order valence-corrected chi connectivity index (χ4v) is 2.74. The van der Waals surface area contributed by atoms with E-state index in [9.17, 15) is 9.59 Å². The maximum atomic E-state index is 12.2. The van der Waals surface area contributed by atoms with Crippen LogP contribution in [0.4, 0.5) is 5.69 Å². The molecule has 1 fully saturated rings. The minimum atomic E-state index is -0.281. The first-order chi connectivity index (χ1) is 12.6. The van der Waals surface area contributed by atoms with E-state index in [2.05, 4.69) is 10.5 Å². The molecule has 5 heteroatoms. The van der Waals surface area contributed by atoms with Gasteiger partial charge in [0.1, 0.15) is 0 Å². The first kappa shape index (κ1) is 17.6. The van der Waals surface area contributed by atoms with E-state index in [0.29, 0.717) is 17.7 Å². The fraction of sp³-hybridized carbons (Fsp3) is 0.190. The standard InChI is InChI=1S/C21H21N3O2/c1-16(9-10-17-6-3-2-4-7-17)22-23-21(26)18-11-13-19(14-12-18)24-15-5-8-20(24)25/h2-4,6-7,9-14H,5,8,15H2,1H3,(H,23,26)/b10-9+,22-16+. The second kappa shape index (κ2) is 8.25. The lowest BCUT2D eigenvalue weighted by molar-refractivity contribution is -0.117. The van der Waals surface area contributed by atoms with Crippen molar-refractivity contribution in [2.45, 2.75) is 19.8 Å². The summed E-state index contributed by atoms with van der Waals surface area (Å²) in [4.78, 5) is 25.7. The molecule has 0 spiro atoms. The number of rotatable bonds is 5. The number of carbonyl (C=O) groups is 2. The van der Waals surface area contributed by atoms with Crippen LogP contribution in [0.2, 0.25) is 0 Å². The van der Waals surface area contributed by atoms with E-state index in [-0.39, 0.29) is 11.8 Å². The Balaban J connectivity index is 1.59. The Hall–Kier alpha value is -3.21. The Morgan fingerprint density at radius 1 is 1.12 bits per heavy atom. The van der Waals surface area contributed by atoms with Gasteiger partial charge in [-0.15, -0.1) is 0 Å². The third kappa shape index (κ3) is 4.45. The molecule has 0 saturated carbocycles. The van der Waals surface area contributed by atoms with E-state index >= 15 is 0 Å². The van der Waals surface area contributed by atoms with Crippen molar-refractivity contribution in [1.82, 2.24) is 5.43 Å². The number of carbonyl (C=O) groups excluding carboxylic acids is 2. The van der Waals surface area contributed by atoms with Crippen LogP contribution in [0.1, 0.15) is 35.7 Å². The molecule has 1 N–H and O–H groups in total. The average molecular weight is 347 g/mol. The van der Waals surface area contributed by atoms with Gasteiger partial charge in [0, 0.05) is 24.2 Å². The van der Waals surface area contributed by atoms with Gasteiger partial charge in [-0.3, -0.25) is 9.59 Å². The molecule has 0 aromatic heterocycles. The monoisotopic (exact) mass is 347 g/mol. The molecular weight excluding hydrogens is 326 g/mol. The highest BCUT2D eigenvalue weighted by Crippen LogP contribution is 2.21. The first-order valence-corrected chi connectivity index (χ1v) is 8.62. The van der Waals surface area contributed by atoms with Crippen LogP contribution in [-0.2, 0) is 4.79 Å². The highest BCUT2D eigenvalue weighted by Gasteiger charge is 2.21. The molecule has 2 amide bonds. The van der Waals surface area contributed by atoms with Gasteiger partial charge in [0.2, 0.25) is 5.91 Å². The maximum Gasteiger partial charge on any atom is 0.271 e. The van der Waals surface area contributed by atoms with Gasteiger partial charge in [-0.1, -0.05) is 36.4 Å². The number of nitrogens with zero attached hydrogens (tertiary/aromatic N) is 2. The molecular formula is C21H21N3O2. The Bertz CT molecular complexity index is 839. The Kier molecular flexibility index (Phi) is 5.59. The van der Waals surface area contributed by atoms with Crippen molar-refractivity contribution in [3.63, 3.8) is 0 Å². The molecule has 0 atom stereocenters. The number of hydrogen-bond acceptors (Lipinski definition) is 3. The second-order valence-electron chi connectivity index (χ2n) is 6.13. The van der Waals surface area contributed by atoms with Gasteiger partial charge >= 0.3 is 0 Å². The normalized spacial score (nSPS) is 14.9. The van der Waals surface area contributed by atoms with Gasteiger partial charge in [-0.25, -0.2) is 5.43 Å². The molecule has 3 rings (SSSR count). The molecule has 0 bridgehead atoms. The Morgan fingerprint density at radius 2 is 1.85 bits per heavy atom. The molecule has 1 saturated heterocycles. The lowest BCUT2D eigenvalue weighted by Crippen LogP contribution is -2.24. The molecule has 132 valence electrons. The molecule has 26 heavy (non-hydrogen) atoms. The highest BCUT2D eigenvalue weighted by molar-refractivity contribution is 6.00. The smallest absolute Gasteiger partial charge is 0.271 e. The summed E-state index contributed by atoms with van der Waals surface area (Å²) in [6.07, 6.45) is 5.25. The molecule has 1 aliphatic heterocycles. The van der Waals surface area contributed by atoms with Crippen LogP contribution >= 0.6 is 0 Å². The lowest BCUT2D eigenvalue weighted by atomic mass is 10.2. The van der Waals surface area contributed by atoms with E-state index < -0.39 is 0 Å². The van der Waals surface area contributed by atoms with Gasteiger partial charge < -0.3 is 4.90 Å². The number of allylic oxidation sites excluding steroid dienone is 1. The zero-order valence-electron chi connectivity index (χ0n) is 14.7. The SMILES string of the molecule is CC(/C=C/c1ccccc1)=N\NC(=O)c1ccc(N2CCCC2=O)cc1. The van der Waals surface area contributed by atoms with Crippen molar-refractivity contribution in [2.75, 3.05) is 11.4 Å². The lowest BCUT2D eigenvalue weighted by Gasteiger charge is -2.15. The van der Waals surface area contributed by atoms with Crippen molar-refractivity contribution in [3.05, 3.63) is 71.8 Å². The molecule has 2 aromatic rings. The van der Waals surface area contributed by atoms with Crippen LogP contribution in [0.3, 0.4) is 0 Å². The van der Waals surface area contributed by atoms with Crippen molar-refractivity contribution >= 4 is 29.3 Å². The molecule has 5 nitrogen and oxygen atoms in total.